The van der Waals surface area contributed by atoms with E-state index in [4.69, 9.17) is 21.1 Å². The summed E-state index contributed by atoms with van der Waals surface area (Å²) in [6.07, 6.45) is 10.3. The van der Waals surface area contributed by atoms with Crippen LogP contribution >= 0.6 is 27.5 Å². The van der Waals surface area contributed by atoms with Gasteiger partial charge in [0.05, 0.1) is 14.2 Å². The van der Waals surface area contributed by atoms with Crippen molar-refractivity contribution in [2.75, 3.05) is 21.3 Å². The molecule has 0 aliphatic rings. The van der Waals surface area contributed by atoms with Crippen LogP contribution in [0.25, 0.3) is 0 Å². The number of allylic oxidation sites excluding steroid dienone is 3. The average molecular weight is 567 g/mol. The molecule has 0 aliphatic heterocycles. The monoisotopic (exact) mass is 565 g/mol. The molecule has 0 bridgehead atoms. The summed E-state index contributed by atoms with van der Waals surface area (Å²) in [6, 6.07) is 6.77. The van der Waals surface area contributed by atoms with Gasteiger partial charge in [-0.1, -0.05) is 54.3 Å². The lowest BCUT2D eigenvalue weighted by atomic mass is 9.98. The number of ether oxygens (including phenoxy) is 2. The first-order chi connectivity index (χ1) is 16.9. The number of nitrogens with zero attached hydrogens (tertiary/aromatic N) is 1. The van der Waals surface area contributed by atoms with Gasteiger partial charge < -0.3 is 14.4 Å². The quantitative estimate of drug-likeness (QED) is 0.103. The summed E-state index contributed by atoms with van der Waals surface area (Å²) in [5, 5.41) is 0. The third-order valence-electron chi connectivity index (χ3n) is 5.85. The number of halogens is 2. The van der Waals surface area contributed by atoms with Crippen molar-refractivity contribution in [3.63, 3.8) is 0 Å². The number of unbranched alkanes of at least 4 members (excludes halogenated alkanes) is 1. The van der Waals surface area contributed by atoms with Crippen LogP contribution in [0.3, 0.4) is 0 Å². The van der Waals surface area contributed by atoms with Gasteiger partial charge in [0.1, 0.15) is 11.8 Å². The Hall–Kier alpha value is -2.23. The molecule has 7 heteroatoms. The van der Waals surface area contributed by atoms with Gasteiger partial charge in [0.2, 0.25) is 5.91 Å². The van der Waals surface area contributed by atoms with E-state index in [9.17, 15) is 9.59 Å². The molecule has 1 rings (SSSR count). The van der Waals surface area contributed by atoms with Crippen molar-refractivity contribution < 1.29 is 19.1 Å². The number of amides is 1. The molecule has 35 heavy (non-hydrogen) atoms. The summed E-state index contributed by atoms with van der Waals surface area (Å²) < 4.78 is 10.1. The number of likely N-dealkylation sites (N-methyl/N-ethyl adjacent to an activating group) is 1. The highest BCUT2D eigenvalue weighted by molar-refractivity contribution is 9.12. The van der Waals surface area contributed by atoms with E-state index in [1.165, 1.54) is 17.6 Å². The molecule has 2 unspecified atom stereocenters. The number of benzene rings is 1. The second-order valence-corrected chi connectivity index (χ2v) is 9.09. The maximum absolute atomic E-state index is 12.8. The second-order valence-electron chi connectivity index (χ2n) is 8.47. The fourth-order valence-electron chi connectivity index (χ4n) is 3.58. The first kappa shape index (κ1) is 30.8. The molecule has 1 aromatic carbocycles. The minimum Gasteiger partial charge on any atom is -0.497 e. The molecular weight excluding hydrogens is 530 g/mol. The highest BCUT2D eigenvalue weighted by Gasteiger charge is 2.27. The van der Waals surface area contributed by atoms with Crippen molar-refractivity contribution in [2.24, 2.45) is 5.92 Å². The van der Waals surface area contributed by atoms with Gasteiger partial charge >= 0.3 is 5.97 Å². The van der Waals surface area contributed by atoms with E-state index < -0.39 is 12.0 Å². The summed E-state index contributed by atoms with van der Waals surface area (Å²) in [6.45, 7) is 2.16. The first-order valence-electron chi connectivity index (χ1n) is 11.9. The third-order valence-corrected chi connectivity index (χ3v) is 6.44. The zero-order valence-corrected chi connectivity index (χ0v) is 23.5. The summed E-state index contributed by atoms with van der Waals surface area (Å²) >= 11 is 9.08. The van der Waals surface area contributed by atoms with Gasteiger partial charge in [0, 0.05) is 47.8 Å². The predicted molar refractivity (Wildman–Crippen MR) is 147 cm³/mol. The summed E-state index contributed by atoms with van der Waals surface area (Å²) in [5.41, 5.74) is 3.86. The van der Waals surface area contributed by atoms with E-state index in [0.717, 1.165) is 43.4 Å². The molecular formula is C28H37BrClNO4. The Bertz CT molecular complexity index is 902. The van der Waals surface area contributed by atoms with E-state index in [1.807, 2.05) is 30.3 Å². The van der Waals surface area contributed by atoms with Gasteiger partial charge in [-0.2, -0.15) is 0 Å². The number of carbonyl (C=O) groups is 2. The molecule has 0 fully saturated rings. The molecule has 0 saturated heterocycles. The van der Waals surface area contributed by atoms with Crippen LogP contribution in [0.5, 0.6) is 5.75 Å². The molecule has 5 nitrogen and oxygen atoms in total. The Labute approximate surface area is 224 Å². The smallest absolute Gasteiger partial charge is 0.328 e. The van der Waals surface area contributed by atoms with Crippen molar-refractivity contribution in [1.29, 1.82) is 0 Å². The van der Waals surface area contributed by atoms with Crippen LogP contribution in [0, 0.1) is 16.7 Å². The summed E-state index contributed by atoms with van der Waals surface area (Å²) in [7, 11) is 4.60. The van der Waals surface area contributed by atoms with E-state index >= 15 is 0 Å². The topological polar surface area (TPSA) is 55.8 Å². The lowest BCUT2D eigenvalue weighted by Gasteiger charge is -2.26. The zero-order valence-electron chi connectivity index (χ0n) is 21.2. The van der Waals surface area contributed by atoms with Crippen molar-refractivity contribution in [2.45, 2.75) is 64.3 Å². The summed E-state index contributed by atoms with van der Waals surface area (Å²) in [4.78, 5) is 29.4. The number of hydrogen-bond acceptors (Lipinski definition) is 4. The lowest BCUT2D eigenvalue weighted by molar-refractivity contribution is -0.151. The Balaban J connectivity index is 2.52. The van der Waals surface area contributed by atoms with Gasteiger partial charge in [0.15, 0.2) is 0 Å². The minimum absolute atomic E-state index is 0.0925. The highest BCUT2D eigenvalue weighted by atomic mass is 79.9. The maximum Gasteiger partial charge on any atom is 0.328 e. The molecule has 0 aromatic heterocycles. The van der Waals surface area contributed by atoms with Crippen LogP contribution in [0.2, 0.25) is 0 Å². The molecule has 0 aliphatic carbocycles. The van der Waals surface area contributed by atoms with E-state index in [1.54, 1.807) is 19.7 Å². The molecule has 0 N–H and O–H groups in total. The number of carbonyl (C=O) groups excluding carboxylic acids is 2. The Kier molecular flexibility index (Phi) is 15.9. The van der Waals surface area contributed by atoms with Crippen molar-refractivity contribution >= 4 is 39.4 Å². The molecule has 192 valence electrons. The lowest BCUT2D eigenvalue weighted by Crippen LogP contribution is -2.44. The number of methoxy groups -OCH3 is 2. The third kappa shape index (κ3) is 12.3. The number of esters is 1. The van der Waals surface area contributed by atoms with E-state index in [2.05, 4.69) is 39.7 Å². The fraction of sp³-hybridized carbons (Fsp3) is 0.500. The standard InChI is InChI=1S/C28H37BrClNO4/c1-22(13-14-24(21-30)11-6-5-9-19-29)10-7-8-12-27(32)31(2)26(28(33)35-4)20-23-15-17-25(34-3)18-16-23/h7,10,15-18,21-22,26H,5-6,8,11-14,20H2,1-4H3. The molecule has 1 amide bonds. The molecule has 0 saturated carbocycles. The Morgan fingerprint density at radius 1 is 1.17 bits per heavy atom. The van der Waals surface area contributed by atoms with Gasteiger partial charge in [-0.3, -0.25) is 4.79 Å². The van der Waals surface area contributed by atoms with Gasteiger partial charge in [-0.25, -0.2) is 4.79 Å². The van der Waals surface area contributed by atoms with Gasteiger partial charge in [0.25, 0.3) is 0 Å². The zero-order chi connectivity index (χ0) is 26.1. The summed E-state index contributed by atoms with van der Waals surface area (Å²) in [5.74, 6) is 3.60. The van der Waals surface area contributed by atoms with Crippen molar-refractivity contribution in [1.82, 2.24) is 4.90 Å². The average Bonchev–Trinajstić information content (AvgIpc) is 2.88. The fourth-order valence-corrected chi connectivity index (χ4v) is 4.00. The predicted octanol–water partition coefficient (Wildman–Crippen LogP) is 6.64. The largest absolute Gasteiger partial charge is 0.497 e. The van der Waals surface area contributed by atoms with Crippen LogP contribution in [0.15, 0.2) is 47.5 Å². The Morgan fingerprint density at radius 2 is 1.89 bits per heavy atom. The molecule has 0 heterocycles. The van der Waals surface area contributed by atoms with Crippen molar-refractivity contribution in [3.8, 4) is 16.5 Å². The molecule has 1 aromatic rings. The van der Waals surface area contributed by atoms with Crippen LogP contribution in [0.1, 0.15) is 57.4 Å². The number of rotatable bonds is 15. The highest BCUT2D eigenvalue weighted by Crippen LogP contribution is 2.20. The van der Waals surface area contributed by atoms with Gasteiger partial charge in [-0.15, -0.1) is 0 Å². The van der Waals surface area contributed by atoms with E-state index in [-0.39, 0.29) is 5.91 Å². The first-order valence-corrected chi connectivity index (χ1v) is 13.1. The SMILES string of the molecule is COC(=O)C(Cc1ccc(OC)cc1)N(C)C(=O)CCC=CC(C)CCC(=CCl)CCCC#CBr. The molecule has 0 radical (unpaired) electrons. The Morgan fingerprint density at radius 3 is 2.49 bits per heavy atom. The van der Waals surface area contributed by atoms with Crippen LogP contribution in [-0.4, -0.2) is 44.1 Å². The van der Waals surface area contributed by atoms with E-state index in [0.29, 0.717) is 25.2 Å². The van der Waals surface area contributed by atoms with Crippen molar-refractivity contribution in [3.05, 3.63) is 53.1 Å². The molecule has 0 spiro atoms. The number of hydrogen-bond donors (Lipinski definition) is 0. The maximum atomic E-state index is 12.8. The normalized spacial score (nSPS) is 13.0. The van der Waals surface area contributed by atoms with Crippen LogP contribution < -0.4 is 4.74 Å². The van der Waals surface area contributed by atoms with Gasteiger partial charge in [-0.05, 0) is 60.5 Å². The van der Waals surface area contributed by atoms with Crippen LogP contribution in [0.4, 0.5) is 0 Å². The van der Waals surface area contributed by atoms with Crippen LogP contribution in [-0.2, 0) is 20.7 Å². The minimum atomic E-state index is -0.676. The second kappa shape index (κ2) is 18.1. The molecule has 2 atom stereocenters.